The first-order chi connectivity index (χ1) is 7.77. The van der Waals surface area contributed by atoms with Crippen LogP contribution in [0, 0.1) is 0 Å². The molecule has 0 saturated carbocycles. The first-order valence-electron chi connectivity index (χ1n) is 5.36. The highest BCUT2D eigenvalue weighted by atomic mass is 15.5. The van der Waals surface area contributed by atoms with Gasteiger partial charge in [0.2, 0.25) is 0 Å². The van der Waals surface area contributed by atoms with Crippen molar-refractivity contribution in [2.24, 2.45) is 0 Å². The third kappa shape index (κ3) is 2.41. The molecular formula is C14H16N2. The van der Waals surface area contributed by atoms with Crippen molar-refractivity contribution < 1.29 is 0 Å². The Labute approximate surface area is 96.5 Å². The minimum absolute atomic E-state index is 1.12. The van der Waals surface area contributed by atoms with E-state index >= 15 is 0 Å². The van der Waals surface area contributed by atoms with Gasteiger partial charge in [-0.15, -0.1) is 0 Å². The summed E-state index contributed by atoms with van der Waals surface area (Å²) >= 11 is 0. The zero-order chi connectivity index (χ0) is 11.4. The van der Waals surface area contributed by atoms with E-state index < -0.39 is 0 Å². The fraction of sp³-hybridized carbons (Fsp3) is 0.143. The summed E-state index contributed by atoms with van der Waals surface area (Å²) in [7, 11) is 3.98. The van der Waals surface area contributed by atoms with Crippen molar-refractivity contribution in [2.75, 3.05) is 19.5 Å². The lowest BCUT2D eigenvalue weighted by molar-refractivity contribution is 0.495. The standard InChI is InChI=1S/C14H16N2/c1-16(2)15-14-11-7-6-10-13(14)12-8-4-3-5-9-12/h3-11,15H,1-2H3. The van der Waals surface area contributed by atoms with Crippen LogP contribution in [0.1, 0.15) is 0 Å². The molecule has 0 bridgehead atoms. The van der Waals surface area contributed by atoms with E-state index in [-0.39, 0.29) is 0 Å². The summed E-state index contributed by atoms with van der Waals surface area (Å²) in [6, 6.07) is 18.7. The van der Waals surface area contributed by atoms with Crippen molar-refractivity contribution in [3.8, 4) is 11.1 Å². The molecule has 2 rings (SSSR count). The maximum absolute atomic E-state index is 3.31. The Bertz CT molecular complexity index is 449. The van der Waals surface area contributed by atoms with Crippen LogP contribution in [0.2, 0.25) is 0 Å². The molecule has 2 aromatic rings. The maximum atomic E-state index is 3.31. The van der Waals surface area contributed by atoms with Crippen LogP contribution in [0.25, 0.3) is 11.1 Å². The molecule has 0 aliphatic heterocycles. The van der Waals surface area contributed by atoms with E-state index in [1.54, 1.807) is 0 Å². The highest BCUT2D eigenvalue weighted by Crippen LogP contribution is 2.27. The second-order valence-corrected chi connectivity index (χ2v) is 3.92. The molecule has 0 atom stereocenters. The summed E-state index contributed by atoms with van der Waals surface area (Å²) in [5.41, 5.74) is 6.88. The van der Waals surface area contributed by atoms with E-state index in [4.69, 9.17) is 0 Å². The summed E-state index contributed by atoms with van der Waals surface area (Å²) in [4.78, 5) is 0. The second-order valence-electron chi connectivity index (χ2n) is 3.92. The van der Waals surface area contributed by atoms with Crippen LogP contribution in [0.5, 0.6) is 0 Å². The number of anilines is 1. The summed E-state index contributed by atoms with van der Waals surface area (Å²) in [6.45, 7) is 0. The predicted octanol–water partition coefficient (Wildman–Crippen LogP) is 3.24. The van der Waals surface area contributed by atoms with Crippen LogP contribution >= 0.6 is 0 Å². The van der Waals surface area contributed by atoms with Crippen molar-refractivity contribution >= 4 is 5.69 Å². The lowest BCUT2D eigenvalue weighted by atomic mass is 10.0. The number of hydrogen-bond acceptors (Lipinski definition) is 2. The zero-order valence-corrected chi connectivity index (χ0v) is 9.64. The summed E-state index contributed by atoms with van der Waals surface area (Å²) < 4.78 is 0. The molecule has 0 radical (unpaired) electrons. The molecule has 0 aliphatic rings. The Morgan fingerprint density at radius 2 is 1.44 bits per heavy atom. The number of hydrazine groups is 1. The first kappa shape index (κ1) is 10.7. The monoisotopic (exact) mass is 212 g/mol. The van der Waals surface area contributed by atoms with Gasteiger partial charge in [-0.25, -0.2) is 5.01 Å². The first-order valence-corrected chi connectivity index (χ1v) is 5.36. The Balaban J connectivity index is 2.41. The normalized spacial score (nSPS) is 10.4. The smallest absolute Gasteiger partial charge is 0.0568 e. The molecule has 1 N–H and O–H groups in total. The highest BCUT2D eigenvalue weighted by molar-refractivity contribution is 5.77. The molecule has 0 amide bonds. The van der Waals surface area contributed by atoms with Gasteiger partial charge in [-0.05, 0) is 11.6 Å². The van der Waals surface area contributed by atoms with Crippen molar-refractivity contribution in [2.45, 2.75) is 0 Å². The lowest BCUT2D eigenvalue weighted by Gasteiger charge is -2.17. The minimum Gasteiger partial charge on any atom is -0.319 e. The second kappa shape index (κ2) is 4.81. The maximum Gasteiger partial charge on any atom is 0.0568 e. The van der Waals surface area contributed by atoms with Gasteiger partial charge in [0, 0.05) is 19.7 Å². The Hall–Kier alpha value is -1.80. The van der Waals surface area contributed by atoms with Gasteiger partial charge < -0.3 is 5.43 Å². The number of hydrogen-bond donors (Lipinski definition) is 1. The molecule has 2 aromatic carbocycles. The van der Waals surface area contributed by atoms with Gasteiger partial charge >= 0.3 is 0 Å². The molecule has 16 heavy (non-hydrogen) atoms. The summed E-state index contributed by atoms with van der Waals surface area (Å²) in [6.07, 6.45) is 0. The molecule has 0 saturated heterocycles. The Kier molecular flexibility index (Phi) is 3.22. The van der Waals surface area contributed by atoms with E-state index in [1.165, 1.54) is 11.1 Å². The third-order valence-corrected chi connectivity index (χ3v) is 2.36. The van der Waals surface area contributed by atoms with Gasteiger partial charge in [0.05, 0.1) is 5.69 Å². The Morgan fingerprint density at radius 3 is 2.12 bits per heavy atom. The molecular weight excluding hydrogens is 196 g/mol. The van der Waals surface area contributed by atoms with Gasteiger partial charge in [0.1, 0.15) is 0 Å². The number of benzene rings is 2. The third-order valence-electron chi connectivity index (χ3n) is 2.36. The van der Waals surface area contributed by atoms with Crippen molar-refractivity contribution in [1.29, 1.82) is 0 Å². The quantitative estimate of drug-likeness (QED) is 0.786. The Morgan fingerprint density at radius 1 is 0.812 bits per heavy atom. The van der Waals surface area contributed by atoms with Crippen molar-refractivity contribution in [1.82, 2.24) is 5.01 Å². The largest absolute Gasteiger partial charge is 0.319 e. The molecule has 0 aliphatic carbocycles. The summed E-state index contributed by atoms with van der Waals surface area (Å²) in [5.74, 6) is 0. The average Bonchev–Trinajstić information content (AvgIpc) is 2.30. The van der Waals surface area contributed by atoms with Gasteiger partial charge in [0.15, 0.2) is 0 Å². The van der Waals surface area contributed by atoms with Crippen LogP contribution < -0.4 is 5.43 Å². The van der Waals surface area contributed by atoms with Crippen LogP contribution in [0.15, 0.2) is 54.6 Å². The van der Waals surface area contributed by atoms with E-state index in [0.29, 0.717) is 0 Å². The fourth-order valence-corrected chi connectivity index (χ4v) is 1.69. The zero-order valence-electron chi connectivity index (χ0n) is 9.64. The number of nitrogens with zero attached hydrogens (tertiary/aromatic N) is 1. The predicted molar refractivity (Wildman–Crippen MR) is 69.2 cm³/mol. The molecule has 2 heteroatoms. The SMILES string of the molecule is CN(C)Nc1ccccc1-c1ccccc1. The van der Waals surface area contributed by atoms with Gasteiger partial charge in [-0.1, -0.05) is 48.5 Å². The molecule has 82 valence electrons. The van der Waals surface area contributed by atoms with Gasteiger partial charge in [-0.2, -0.15) is 0 Å². The highest BCUT2D eigenvalue weighted by Gasteiger charge is 2.03. The molecule has 2 nitrogen and oxygen atoms in total. The van der Waals surface area contributed by atoms with Crippen molar-refractivity contribution in [3.05, 3.63) is 54.6 Å². The van der Waals surface area contributed by atoms with E-state index in [9.17, 15) is 0 Å². The van der Waals surface area contributed by atoms with Crippen LogP contribution in [0.4, 0.5) is 5.69 Å². The molecule has 0 unspecified atom stereocenters. The van der Waals surface area contributed by atoms with E-state index in [1.807, 2.05) is 31.2 Å². The van der Waals surface area contributed by atoms with Gasteiger partial charge in [-0.3, -0.25) is 0 Å². The molecule has 0 fully saturated rings. The lowest BCUT2D eigenvalue weighted by Crippen LogP contribution is -2.19. The number of para-hydroxylation sites is 1. The topological polar surface area (TPSA) is 15.3 Å². The number of nitrogens with one attached hydrogen (secondary N) is 1. The molecule has 0 heterocycles. The summed E-state index contributed by atoms with van der Waals surface area (Å²) in [5, 5.41) is 1.95. The molecule has 0 spiro atoms. The molecule has 0 aromatic heterocycles. The van der Waals surface area contributed by atoms with Gasteiger partial charge in [0.25, 0.3) is 0 Å². The van der Waals surface area contributed by atoms with Crippen molar-refractivity contribution in [3.63, 3.8) is 0 Å². The number of rotatable bonds is 3. The minimum atomic E-state index is 1.12. The van der Waals surface area contributed by atoms with E-state index in [2.05, 4.69) is 47.9 Å². The van der Waals surface area contributed by atoms with Crippen LogP contribution in [-0.4, -0.2) is 19.1 Å². The van der Waals surface area contributed by atoms with Crippen LogP contribution in [0.3, 0.4) is 0 Å². The van der Waals surface area contributed by atoms with E-state index in [0.717, 1.165) is 5.69 Å². The fourth-order valence-electron chi connectivity index (χ4n) is 1.69. The average molecular weight is 212 g/mol. The van der Waals surface area contributed by atoms with Crippen LogP contribution in [-0.2, 0) is 0 Å².